The normalized spacial score (nSPS) is 18.6. The lowest BCUT2D eigenvalue weighted by Gasteiger charge is -2.28. The van der Waals surface area contributed by atoms with Crippen molar-refractivity contribution in [1.82, 2.24) is 10.2 Å². The highest BCUT2D eigenvalue weighted by molar-refractivity contribution is 5.96. The van der Waals surface area contributed by atoms with Gasteiger partial charge in [-0.3, -0.25) is 14.4 Å². The first-order chi connectivity index (χ1) is 8.50. The topological polar surface area (TPSA) is 66.5 Å². The van der Waals surface area contributed by atoms with Gasteiger partial charge < -0.3 is 10.2 Å². The molecule has 0 aliphatic carbocycles. The summed E-state index contributed by atoms with van der Waals surface area (Å²) in [6.07, 6.45) is 5.55. The molecule has 1 heterocycles. The third-order valence-electron chi connectivity index (χ3n) is 2.90. The van der Waals surface area contributed by atoms with Gasteiger partial charge in [0.1, 0.15) is 6.17 Å². The first-order valence-electron chi connectivity index (χ1n) is 6.29. The Hall–Kier alpha value is -1.65. The summed E-state index contributed by atoms with van der Waals surface area (Å²) >= 11 is 0. The van der Waals surface area contributed by atoms with Crippen LogP contribution in [0.1, 0.15) is 39.5 Å². The molecule has 0 spiro atoms. The van der Waals surface area contributed by atoms with E-state index in [2.05, 4.69) is 5.32 Å². The van der Waals surface area contributed by atoms with Crippen LogP contribution >= 0.6 is 0 Å². The van der Waals surface area contributed by atoms with Gasteiger partial charge in [-0.05, 0) is 32.8 Å². The smallest absolute Gasteiger partial charge is 0.245 e. The van der Waals surface area contributed by atoms with Gasteiger partial charge in [0.05, 0.1) is 0 Å². The molecule has 1 N–H and O–H groups in total. The van der Waals surface area contributed by atoms with Crippen LogP contribution in [0.3, 0.4) is 0 Å². The van der Waals surface area contributed by atoms with Crippen LogP contribution in [0.25, 0.3) is 0 Å². The Balaban J connectivity index is 2.52. The number of amides is 2. The largest absolute Gasteiger partial charge is 0.333 e. The van der Waals surface area contributed by atoms with Crippen LogP contribution in [0, 0.1) is 0 Å². The Morgan fingerprint density at radius 2 is 2.00 bits per heavy atom. The summed E-state index contributed by atoms with van der Waals surface area (Å²) in [6, 6.07) is 0. The van der Waals surface area contributed by atoms with E-state index in [1.165, 1.54) is 19.1 Å². The molecular weight excluding hydrogens is 232 g/mol. The van der Waals surface area contributed by atoms with Gasteiger partial charge in [-0.25, -0.2) is 0 Å². The number of rotatable bonds is 4. The lowest BCUT2D eigenvalue weighted by atomic mass is 10.2. The van der Waals surface area contributed by atoms with Gasteiger partial charge in [-0.2, -0.15) is 0 Å². The molecule has 2 amide bonds. The lowest BCUT2D eigenvalue weighted by molar-refractivity contribution is -0.134. The fourth-order valence-corrected chi connectivity index (χ4v) is 1.94. The Morgan fingerprint density at radius 1 is 1.28 bits per heavy atom. The number of nitrogens with one attached hydrogen (secondary N) is 1. The van der Waals surface area contributed by atoms with E-state index >= 15 is 0 Å². The zero-order valence-corrected chi connectivity index (χ0v) is 10.9. The van der Waals surface area contributed by atoms with Gasteiger partial charge in [0.25, 0.3) is 0 Å². The second-order valence-corrected chi connectivity index (χ2v) is 4.53. The SMILES string of the molecule is CC(=O)C=CC(=O)NC(C)N1CCCCCC1=O. The molecule has 1 aliphatic rings. The summed E-state index contributed by atoms with van der Waals surface area (Å²) in [4.78, 5) is 35.7. The highest BCUT2D eigenvalue weighted by Crippen LogP contribution is 2.12. The predicted octanol–water partition coefficient (Wildman–Crippen LogP) is 0.996. The van der Waals surface area contributed by atoms with Crippen molar-refractivity contribution in [2.45, 2.75) is 45.7 Å². The monoisotopic (exact) mass is 252 g/mol. The van der Waals surface area contributed by atoms with Crippen LogP contribution < -0.4 is 5.32 Å². The van der Waals surface area contributed by atoms with E-state index in [0.29, 0.717) is 13.0 Å². The minimum Gasteiger partial charge on any atom is -0.333 e. The number of likely N-dealkylation sites (tertiary alicyclic amines) is 1. The summed E-state index contributed by atoms with van der Waals surface area (Å²) < 4.78 is 0. The van der Waals surface area contributed by atoms with Crippen LogP contribution in [0.4, 0.5) is 0 Å². The number of allylic oxidation sites excluding steroid dienone is 1. The van der Waals surface area contributed by atoms with Crippen molar-refractivity contribution < 1.29 is 14.4 Å². The number of hydrogen-bond donors (Lipinski definition) is 1. The first-order valence-corrected chi connectivity index (χ1v) is 6.29. The molecule has 1 rings (SSSR count). The molecule has 100 valence electrons. The molecule has 0 bridgehead atoms. The van der Waals surface area contributed by atoms with Gasteiger partial charge >= 0.3 is 0 Å². The summed E-state index contributed by atoms with van der Waals surface area (Å²) in [6.45, 7) is 3.84. The molecule has 5 heteroatoms. The van der Waals surface area contributed by atoms with E-state index in [1.807, 2.05) is 0 Å². The molecule has 0 aromatic heterocycles. The third kappa shape index (κ3) is 4.69. The van der Waals surface area contributed by atoms with Crippen molar-refractivity contribution in [3.8, 4) is 0 Å². The standard InChI is InChI=1S/C13H20N2O3/c1-10(16)7-8-12(17)14-11(2)15-9-5-3-4-6-13(15)18/h7-8,11H,3-6,9H2,1-2H3,(H,14,17). The first kappa shape index (κ1) is 14.4. The van der Waals surface area contributed by atoms with Crippen LogP contribution in [-0.2, 0) is 14.4 Å². The van der Waals surface area contributed by atoms with Crippen molar-refractivity contribution in [2.75, 3.05) is 6.54 Å². The van der Waals surface area contributed by atoms with Crippen LogP contribution in [-0.4, -0.2) is 35.2 Å². The predicted molar refractivity (Wildman–Crippen MR) is 67.6 cm³/mol. The van der Waals surface area contributed by atoms with Gasteiger partial charge in [-0.1, -0.05) is 6.42 Å². The van der Waals surface area contributed by atoms with E-state index in [1.54, 1.807) is 11.8 Å². The summed E-state index contributed by atoms with van der Waals surface area (Å²) in [5.41, 5.74) is 0. The average Bonchev–Trinajstić information content (AvgIpc) is 2.51. The Labute approximate surface area is 107 Å². The van der Waals surface area contributed by atoms with E-state index in [4.69, 9.17) is 0 Å². The fourth-order valence-electron chi connectivity index (χ4n) is 1.94. The van der Waals surface area contributed by atoms with Crippen molar-refractivity contribution >= 4 is 17.6 Å². The molecule has 1 unspecified atom stereocenters. The minimum atomic E-state index is -0.352. The number of ketones is 1. The van der Waals surface area contributed by atoms with Crippen molar-refractivity contribution in [2.24, 2.45) is 0 Å². The van der Waals surface area contributed by atoms with Crippen LogP contribution in [0.2, 0.25) is 0 Å². The fraction of sp³-hybridized carbons (Fsp3) is 0.615. The van der Waals surface area contributed by atoms with Crippen LogP contribution in [0.5, 0.6) is 0 Å². The van der Waals surface area contributed by atoms with Gasteiger partial charge in [0.15, 0.2) is 5.78 Å². The molecule has 1 saturated heterocycles. The maximum atomic E-state index is 11.8. The minimum absolute atomic E-state index is 0.0795. The summed E-state index contributed by atoms with van der Waals surface area (Å²) in [5.74, 6) is -0.450. The molecule has 1 atom stereocenters. The molecule has 0 radical (unpaired) electrons. The number of carbonyl (C=O) groups excluding carboxylic acids is 3. The van der Waals surface area contributed by atoms with Crippen molar-refractivity contribution in [3.63, 3.8) is 0 Å². The van der Waals surface area contributed by atoms with Gasteiger partial charge in [0, 0.05) is 19.0 Å². The third-order valence-corrected chi connectivity index (χ3v) is 2.90. The Morgan fingerprint density at radius 3 is 2.67 bits per heavy atom. The number of hydrogen-bond acceptors (Lipinski definition) is 3. The highest BCUT2D eigenvalue weighted by Gasteiger charge is 2.22. The molecule has 1 fully saturated rings. The average molecular weight is 252 g/mol. The van der Waals surface area contributed by atoms with Crippen molar-refractivity contribution in [1.29, 1.82) is 0 Å². The molecule has 0 aromatic rings. The second-order valence-electron chi connectivity index (χ2n) is 4.53. The Kier molecular flexibility index (Phi) is 5.55. The highest BCUT2D eigenvalue weighted by atomic mass is 16.2. The van der Waals surface area contributed by atoms with Crippen molar-refractivity contribution in [3.05, 3.63) is 12.2 Å². The Bertz CT molecular complexity index is 363. The van der Waals surface area contributed by atoms with E-state index in [9.17, 15) is 14.4 Å². The molecule has 5 nitrogen and oxygen atoms in total. The molecule has 0 aromatic carbocycles. The molecular formula is C13H20N2O3. The van der Waals surface area contributed by atoms with Crippen LogP contribution in [0.15, 0.2) is 12.2 Å². The maximum Gasteiger partial charge on any atom is 0.245 e. The second kappa shape index (κ2) is 6.93. The van der Waals surface area contributed by atoms with E-state index in [-0.39, 0.29) is 23.8 Å². The van der Waals surface area contributed by atoms with Gasteiger partial charge in [0.2, 0.25) is 11.8 Å². The number of carbonyl (C=O) groups is 3. The molecule has 0 saturated carbocycles. The zero-order valence-electron chi connectivity index (χ0n) is 10.9. The summed E-state index contributed by atoms with van der Waals surface area (Å²) in [7, 11) is 0. The summed E-state index contributed by atoms with van der Waals surface area (Å²) in [5, 5.41) is 2.69. The molecule has 18 heavy (non-hydrogen) atoms. The zero-order chi connectivity index (χ0) is 13.5. The quantitative estimate of drug-likeness (QED) is 0.759. The van der Waals surface area contributed by atoms with E-state index < -0.39 is 0 Å². The molecule has 1 aliphatic heterocycles. The number of nitrogens with zero attached hydrogens (tertiary/aromatic N) is 1. The lowest BCUT2D eigenvalue weighted by Crippen LogP contribution is -2.48. The van der Waals surface area contributed by atoms with Gasteiger partial charge in [-0.15, -0.1) is 0 Å². The maximum absolute atomic E-state index is 11.8. The van der Waals surface area contributed by atoms with E-state index in [0.717, 1.165) is 19.3 Å².